The number of nitrogens with zero attached hydrogens (tertiary/aromatic N) is 3. The molecule has 6 heteroatoms. The van der Waals surface area contributed by atoms with Crippen LogP contribution in [0.3, 0.4) is 0 Å². The van der Waals surface area contributed by atoms with Crippen molar-refractivity contribution >= 4 is 43.5 Å². The van der Waals surface area contributed by atoms with E-state index in [9.17, 15) is 0 Å². The molecule has 1 heterocycles. The molecule has 1 atom stereocenters. The highest BCUT2D eigenvalue weighted by Crippen LogP contribution is 2.26. The molecule has 1 unspecified atom stereocenters. The molecule has 0 saturated heterocycles. The van der Waals surface area contributed by atoms with E-state index in [0.717, 1.165) is 26.7 Å². The summed E-state index contributed by atoms with van der Waals surface area (Å²) in [5.74, 6) is 0. The Morgan fingerprint density at radius 2 is 2.18 bits per heavy atom. The summed E-state index contributed by atoms with van der Waals surface area (Å²) in [5, 5.41) is 8.07. The summed E-state index contributed by atoms with van der Waals surface area (Å²) < 4.78 is 3.68. The molecule has 0 aliphatic rings. The van der Waals surface area contributed by atoms with Crippen molar-refractivity contribution < 1.29 is 0 Å². The average molecular weight is 379 g/mol. The van der Waals surface area contributed by atoms with Crippen molar-refractivity contribution in [2.45, 2.75) is 18.7 Å². The molecule has 0 amide bonds. The molecule has 17 heavy (non-hydrogen) atoms. The topological polar surface area (TPSA) is 30.7 Å². The number of aromatic nitrogens is 3. The van der Waals surface area contributed by atoms with E-state index in [1.807, 2.05) is 31.3 Å². The third-order valence-electron chi connectivity index (χ3n) is 2.35. The standard InChI is InChI=1S/C11H10Br2ClN3/c1-2-9(14)10-6-17(16-15-10)11-4-3-7(12)5-8(11)13/h3-6,9H,2H2,1H3. The summed E-state index contributed by atoms with van der Waals surface area (Å²) in [6.45, 7) is 2.02. The number of rotatable bonds is 3. The maximum Gasteiger partial charge on any atom is 0.101 e. The van der Waals surface area contributed by atoms with Crippen molar-refractivity contribution in [3.63, 3.8) is 0 Å². The summed E-state index contributed by atoms with van der Waals surface area (Å²) in [6.07, 6.45) is 2.69. The molecule has 0 saturated carbocycles. The molecular weight excluding hydrogens is 369 g/mol. The van der Waals surface area contributed by atoms with E-state index in [1.165, 1.54) is 0 Å². The lowest BCUT2D eigenvalue weighted by atomic mass is 10.2. The van der Waals surface area contributed by atoms with Crippen LogP contribution in [-0.4, -0.2) is 15.0 Å². The number of hydrogen-bond donors (Lipinski definition) is 0. The minimum absolute atomic E-state index is 0.0852. The van der Waals surface area contributed by atoms with E-state index in [4.69, 9.17) is 11.6 Å². The second-order valence-corrected chi connectivity index (χ2v) is 5.86. The fourth-order valence-electron chi connectivity index (χ4n) is 1.41. The first-order valence-corrected chi connectivity index (χ1v) is 7.15. The first-order valence-electron chi connectivity index (χ1n) is 5.13. The Hall–Kier alpha value is -0.390. The summed E-state index contributed by atoms with van der Waals surface area (Å²) >= 11 is 13.0. The van der Waals surface area contributed by atoms with E-state index in [0.29, 0.717) is 0 Å². The van der Waals surface area contributed by atoms with Gasteiger partial charge in [-0.3, -0.25) is 0 Å². The molecule has 0 spiro atoms. The first kappa shape index (κ1) is 13.1. The zero-order valence-corrected chi connectivity index (χ0v) is 13.0. The van der Waals surface area contributed by atoms with Gasteiger partial charge in [0.25, 0.3) is 0 Å². The van der Waals surface area contributed by atoms with Gasteiger partial charge in [0.2, 0.25) is 0 Å². The van der Waals surface area contributed by atoms with Gasteiger partial charge in [-0.25, -0.2) is 4.68 Å². The predicted octanol–water partition coefficient (Wildman–Crippen LogP) is 4.48. The molecule has 3 nitrogen and oxygen atoms in total. The van der Waals surface area contributed by atoms with E-state index >= 15 is 0 Å². The van der Waals surface area contributed by atoms with Crippen LogP contribution < -0.4 is 0 Å². The summed E-state index contributed by atoms with van der Waals surface area (Å²) in [5.41, 5.74) is 1.73. The smallest absolute Gasteiger partial charge is 0.101 e. The van der Waals surface area contributed by atoms with Gasteiger partial charge in [0, 0.05) is 8.95 Å². The minimum atomic E-state index is -0.0852. The quantitative estimate of drug-likeness (QED) is 0.736. The third kappa shape index (κ3) is 2.89. The predicted molar refractivity (Wildman–Crippen MR) is 75.6 cm³/mol. The van der Waals surface area contributed by atoms with E-state index in [-0.39, 0.29) is 5.38 Å². The number of hydrogen-bond acceptors (Lipinski definition) is 2. The van der Waals surface area contributed by atoms with Gasteiger partial charge >= 0.3 is 0 Å². The summed E-state index contributed by atoms with van der Waals surface area (Å²) in [6, 6.07) is 5.88. The third-order valence-corrected chi connectivity index (χ3v) is 4.01. The number of alkyl halides is 1. The van der Waals surface area contributed by atoms with Crippen LogP contribution in [0, 0.1) is 0 Å². The van der Waals surface area contributed by atoms with Gasteiger partial charge in [-0.2, -0.15) is 0 Å². The fraction of sp³-hybridized carbons (Fsp3) is 0.273. The van der Waals surface area contributed by atoms with Crippen LogP contribution in [0.4, 0.5) is 0 Å². The van der Waals surface area contributed by atoms with Gasteiger partial charge in [-0.1, -0.05) is 28.1 Å². The molecule has 1 aromatic carbocycles. The average Bonchev–Trinajstić information content (AvgIpc) is 2.77. The van der Waals surface area contributed by atoms with Crippen LogP contribution in [0.5, 0.6) is 0 Å². The van der Waals surface area contributed by atoms with E-state index in [1.54, 1.807) is 4.68 Å². The SMILES string of the molecule is CCC(Cl)c1cn(-c2ccc(Br)cc2Br)nn1. The number of halogens is 3. The lowest BCUT2D eigenvalue weighted by Crippen LogP contribution is -1.95. The van der Waals surface area contributed by atoms with Crippen molar-refractivity contribution in [2.24, 2.45) is 0 Å². The Balaban J connectivity index is 2.37. The summed E-state index contributed by atoms with van der Waals surface area (Å²) in [7, 11) is 0. The van der Waals surface area contributed by atoms with Gasteiger partial charge in [-0.15, -0.1) is 16.7 Å². The van der Waals surface area contributed by atoms with Gasteiger partial charge in [0.05, 0.1) is 17.3 Å². The van der Waals surface area contributed by atoms with Gasteiger partial charge in [-0.05, 0) is 40.5 Å². The minimum Gasteiger partial charge on any atom is -0.219 e. The molecule has 0 N–H and O–H groups in total. The molecule has 0 aliphatic carbocycles. The Morgan fingerprint density at radius 1 is 1.41 bits per heavy atom. The largest absolute Gasteiger partial charge is 0.219 e. The van der Waals surface area contributed by atoms with Crippen LogP contribution in [0.2, 0.25) is 0 Å². The maximum absolute atomic E-state index is 6.12. The van der Waals surface area contributed by atoms with Gasteiger partial charge in [0.1, 0.15) is 5.69 Å². The Kier molecular flexibility index (Phi) is 4.22. The highest BCUT2D eigenvalue weighted by molar-refractivity contribution is 9.11. The Morgan fingerprint density at radius 3 is 2.82 bits per heavy atom. The van der Waals surface area contributed by atoms with Crippen molar-refractivity contribution in [3.05, 3.63) is 39.0 Å². The van der Waals surface area contributed by atoms with Crippen LogP contribution in [0.25, 0.3) is 5.69 Å². The Labute approximate surface area is 121 Å². The summed E-state index contributed by atoms with van der Waals surface area (Å²) in [4.78, 5) is 0. The second kappa shape index (κ2) is 5.50. The molecule has 0 fully saturated rings. The first-order chi connectivity index (χ1) is 8.11. The van der Waals surface area contributed by atoms with E-state index < -0.39 is 0 Å². The fourth-order valence-corrected chi connectivity index (χ4v) is 2.74. The van der Waals surface area contributed by atoms with Crippen LogP contribution in [-0.2, 0) is 0 Å². The normalized spacial score (nSPS) is 12.7. The Bertz CT molecular complexity index is 527. The zero-order chi connectivity index (χ0) is 12.4. The zero-order valence-electron chi connectivity index (χ0n) is 9.07. The number of benzene rings is 1. The molecule has 0 radical (unpaired) electrons. The van der Waals surface area contributed by atoms with Crippen LogP contribution >= 0.6 is 43.5 Å². The lowest BCUT2D eigenvalue weighted by Gasteiger charge is -2.03. The molecule has 90 valence electrons. The molecule has 2 aromatic rings. The van der Waals surface area contributed by atoms with Crippen LogP contribution in [0.15, 0.2) is 33.3 Å². The van der Waals surface area contributed by atoms with E-state index in [2.05, 4.69) is 42.2 Å². The van der Waals surface area contributed by atoms with Gasteiger partial charge < -0.3 is 0 Å². The van der Waals surface area contributed by atoms with Gasteiger partial charge in [0.15, 0.2) is 0 Å². The molecule has 1 aromatic heterocycles. The molecule has 2 rings (SSSR count). The highest BCUT2D eigenvalue weighted by Gasteiger charge is 2.12. The lowest BCUT2D eigenvalue weighted by molar-refractivity contribution is 0.784. The van der Waals surface area contributed by atoms with Crippen molar-refractivity contribution in [3.8, 4) is 5.69 Å². The second-order valence-electron chi connectivity index (χ2n) is 3.56. The molecule has 0 bridgehead atoms. The monoisotopic (exact) mass is 377 g/mol. The van der Waals surface area contributed by atoms with Crippen molar-refractivity contribution in [2.75, 3.05) is 0 Å². The van der Waals surface area contributed by atoms with Crippen molar-refractivity contribution in [1.29, 1.82) is 0 Å². The maximum atomic E-state index is 6.12. The molecular formula is C11H10Br2ClN3. The highest BCUT2D eigenvalue weighted by atomic mass is 79.9. The molecule has 0 aliphatic heterocycles. The van der Waals surface area contributed by atoms with Crippen LogP contribution in [0.1, 0.15) is 24.4 Å². The van der Waals surface area contributed by atoms with Crippen molar-refractivity contribution in [1.82, 2.24) is 15.0 Å².